The molecular weight excluding hydrogens is 164 g/mol. The van der Waals surface area contributed by atoms with E-state index in [0.717, 1.165) is 31.6 Å². The lowest BCUT2D eigenvalue weighted by Gasteiger charge is -2.12. The molecule has 1 aliphatic rings. The molecule has 0 heterocycles. The van der Waals surface area contributed by atoms with Gasteiger partial charge in [-0.1, -0.05) is 26.2 Å². The summed E-state index contributed by atoms with van der Waals surface area (Å²) in [5.41, 5.74) is 0. The van der Waals surface area contributed by atoms with Crippen LogP contribution in [-0.2, 0) is 9.53 Å². The Morgan fingerprint density at radius 3 is 2.69 bits per heavy atom. The van der Waals surface area contributed by atoms with Crippen LogP contribution in [0.3, 0.4) is 0 Å². The van der Waals surface area contributed by atoms with E-state index in [1.54, 1.807) is 7.11 Å². The third-order valence-corrected chi connectivity index (χ3v) is 2.69. The van der Waals surface area contributed by atoms with Gasteiger partial charge in [-0.2, -0.15) is 0 Å². The Morgan fingerprint density at radius 2 is 2.23 bits per heavy atom. The molecule has 1 atom stereocenters. The zero-order valence-corrected chi connectivity index (χ0v) is 8.71. The minimum atomic E-state index is -0.135. The van der Waals surface area contributed by atoms with E-state index in [0.29, 0.717) is 5.78 Å². The molecule has 0 saturated heterocycles. The molecule has 0 N–H and O–H groups in total. The van der Waals surface area contributed by atoms with Gasteiger partial charge in [0, 0.05) is 13.5 Å². The van der Waals surface area contributed by atoms with Crippen molar-refractivity contribution in [1.82, 2.24) is 0 Å². The molecule has 0 aromatic carbocycles. The van der Waals surface area contributed by atoms with Gasteiger partial charge in [-0.25, -0.2) is 0 Å². The fourth-order valence-electron chi connectivity index (χ4n) is 1.59. The number of ether oxygens (including phenoxy) is 1. The van der Waals surface area contributed by atoms with Crippen molar-refractivity contribution in [2.45, 2.75) is 51.6 Å². The van der Waals surface area contributed by atoms with Gasteiger partial charge in [-0.15, -0.1) is 0 Å². The zero-order valence-electron chi connectivity index (χ0n) is 8.71. The number of methoxy groups -OCH3 is 1. The van der Waals surface area contributed by atoms with Crippen molar-refractivity contribution in [3.05, 3.63) is 0 Å². The smallest absolute Gasteiger partial charge is 0.161 e. The maximum Gasteiger partial charge on any atom is 0.161 e. The van der Waals surface area contributed by atoms with Gasteiger partial charge in [-0.05, 0) is 18.8 Å². The van der Waals surface area contributed by atoms with E-state index in [-0.39, 0.29) is 6.10 Å². The number of hydrogen-bond donors (Lipinski definition) is 0. The van der Waals surface area contributed by atoms with Crippen LogP contribution >= 0.6 is 0 Å². The van der Waals surface area contributed by atoms with Gasteiger partial charge in [0.2, 0.25) is 0 Å². The van der Waals surface area contributed by atoms with Gasteiger partial charge < -0.3 is 4.74 Å². The van der Waals surface area contributed by atoms with Crippen LogP contribution in [0.25, 0.3) is 0 Å². The first-order chi connectivity index (χ1) is 6.27. The average Bonchev–Trinajstić information content (AvgIpc) is 2.93. The Kier molecular flexibility index (Phi) is 4.43. The summed E-state index contributed by atoms with van der Waals surface area (Å²) in [4.78, 5) is 11.6. The number of rotatable bonds is 7. The molecule has 1 fully saturated rings. The summed E-state index contributed by atoms with van der Waals surface area (Å²) in [5.74, 6) is 1.15. The number of Topliss-reactive ketones (excluding diaryl/α,β-unsaturated/α-hetero) is 1. The standard InChI is InChI=1S/C11H20O2/c1-3-4-11(13-2)10(12)8-7-9-5-6-9/h9,11H,3-8H2,1-2H3. The molecule has 1 unspecified atom stereocenters. The summed E-state index contributed by atoms with van der Waals surface area (Å²) >= 11 is 0. The van der Waals surface area contributed by atoms with E-state index in [1.807, 2.05) is 0 Å². The van der Waals surface area contributed by atoms with Gasteiger partial charge in [0.1, 0.15) is 6.10 Å². The predicted octanol–water partition coefficient (Wildman–Crippen LogP) is 2.56. The van der Waals surface area contributed by atoms with Crippen molar-refractivity contribution < 1.29 is 9.53 Å². The number of ketones is 1. The molecule has 1 saturated carbocycles. The van der Waals surface area contributed by atoms with Crippen molar-refractivity contribution in [3.8, 4) is 0 Å². The number of hydrogen-bond acceptors (Lipinski definition) is 2. The highest BCUT2D eigenvalue weighted by atomic mass is 16.5. The van der Waals surface area contributed by atoms with E-state index in [2.05, 4.69) is 6.92 Å². The highest BCUT2D eigenvalue weighted by Crippen LogP contribution is 2.33. The van der Waals surface area contributed by atoms with Crippen molar-refractivity contribution >= 4 is 5.78 Å². The summed E-state index contributed by atoms with van der Waals surface area (Å²) in [7, 11) is 1.63. The first-order valence-electron chi connectivity index (χ1n) is 5.33. The van der Waals surface area contributed by atoms with Crippen molar-refractivity contribution in [2.24, 2.45) is 5.92 Å². The van der Waals surface area contributed by atoms with Crippen molar-refractivity contribution in [2.75, 3.05) is 7.11 Å². The lowest BCUT2D eigenvalue weighted by molar-refractivity contribution is -0.129. The Labute approximate surface area is 80.7 Å². The van der Waals surface area contributed by atoms with Crippen LogP contribution in [-0.4, -0.2) is 19.0 Å². The van der Waals surface area contributed by atoms with Crippen LogP contribution in [0, 0.1) is 5.92 Å². The summed E-state index contributed by atoms with van der Waals surface area (Å²) in [6, 6.07) is 0. The largest absolute Gasteiger partial charge is 0.374 e. The molecule has 0 bridgehead atoms. The second kappa shape index (κ2) is 5.38. The number of carbonyl (C=O) groups is 1. The molecule has 0 aromatic rings. The third kappa shape index (κ3) is 3.90. The third-order valence-electron chi connectivity index (χ3n) is 2.69. The van der Waals surface area contributed by atoms with Gasteiger partial charge >= 0.3 is 0 Å². The van der Waals surface area contributed by atoms with E-state index in [9.17, 15) is 4.79 Å². The predicted molar refractivity (Wildman–Crippen MR) is 52.7 cm³/mol. The summed E-state index contributed by atoms with van der Waals surface area (Å²) in [6.07, 6.45) is 6.24. The van der Waals surface area contributed by atoms with Gasteiger partial charge in [-0.3, -0.25) is 4.79 Å². The molecule has 76 valence electrons. The Morgan fingerprint density at radius 1 is 1.54 bits per heavy atom. The highest BCUT2D eigenvalue weighted by Gasteiger charge is 2.24. The lowest BCUT2D eigenvalue weighted by atomic mass is 10.0. The lowest BCUT2D eigenvalue weighted by Crippen LogP contribution is -2.22. The molecule has 0 amide bonds. The van der Waals surface area contributed by atoms with E-state index < -0.39 is 0 Å². The first-order valence-corrected chi connectivity index (χ1v) is 5.33. The van der Waals surface area contributed by atoms with E-state index in [4.69, 9.17) is 4.74 Å². The minimum absolute atomic E-state index is 0.135. The molecule has 1 rings (SSSR count). The molecular formula is C11H20O2. The quantitative estimate of drug-likeness (QED) is 0.608. The van der Waals surface area contributed by atoms with Crippen LogP contribution in [0.1, 0.15) is 45.4 Å². The first kappa shape index (κ1) is 10.7. The Bertz CT molecular complexity index is 161. The molecule has 13 heavy (non-hydrogen) atoms. The molecule has 2 nitrogen and oxygen atoms in total. The topological polar surface area (TPSA) is 26.3 Å². The van der Waals surface area contributed by atoms with Crippen LogP contribution < -0.4 is 0 Å². The zero-order chi connectivity index (χ0) is 9.68. The van der Waals surface area contributed by atoms with Crippen LogP contribution in [0.4, 0.5) is 0 Å². The summed E-state index contributed by atoms with van der Waals surface area (Å²) in [5, 5.41) is 0. The molecule has 1 aliphatic carbocycles. The van der Waals surface area contributed by atoms with Gasteiger partial charge in [0.25, 0.3) is 0 Å². The molecule has 0 aromatic heterocycles. The van der Waals surface area contributed by atoms with Gasteiger partial charge in [0.05, 0.1) is 0 Å². The second-order valence-corrected chi connectivity index (χ2v) is 3.96. The van der Waals surface area contributed by atoms with Crippen LogP contribution in [0.15, 0.2) is 0 Å². The summed E-state index contributed by atoms with van der Waals surface area (Å²) in [6.45, 7) is 2.08. The van der Waals surface area contributed by atoms with Crippen LogP contribution in [0.2, 0.25) is 0 Å². The maximum atomic E-state index is 11.6. The normalized spacial score (nSPS) is 18.6. The van der Waals surface area contributed by atoms with E-state index in [1.165, 1.54) is 12.8 Å². The average molecular weight is 184 g/mol. The summed E-state index contributed by atoms with van der Waals surface area (Å²) < 4.78 is 5.16. The fraction of sp³-hybridized carbons (Fsp3) is 0.909. The molecule has 0 aliphatic heterocycles. The SMILES string of the molecule is CCCC(OC)C(=O)CCC1CC1. The highest BCUT2D eigenvalue weighted by molar-refractivity contribution is 5.83. The monoisotopic (exact) mass is 184 g/mol. The maximum absolute atomic E-state index is 11.6. The minimum Gasteiger partial charge on any atom is -0.374 e. The van der Waals surface area contributed by atoms with Crippen molar-refractivity contribution in [3.63, 3.8) is 0 Å². The number of carbonyl (C=O) groups excluding carboxylic acids is 1. The molecule has 0 radical (unpaired) electrons. The fourth-order valence-corrected chi connectivity index (χ4v) is 1.59. The van der Waals surface area contributed by atoms with Crippen molar-refractivity contribution in [1.29, 1.82) is 0 Å². The van der Waals surface area contributed by atoms with Crippen LogP contribution in [0.5, 0.6) is 0 Å². The molecule has 2 heteroatoms. The molecule has 0 spiro atoms. The Balaban J connectivity index is 2.16. The second-order valence-electron chi connectivity index (χ2n) is 3.96. The Hall–Kier alpha value is -0.370. The van der Waals surface area contributed by atoms with E-state index >= 15 is 0 Å². The van der Waals surface area contributed by atoms with Gasteiger partial charge in [0.15, 0.2) is 5.78 Å².